The molecule has 0 bridgehead atoms. The van der Waals surface area contributed by atoms with Gasteiger partial charge in [-0.05, 0) is 27.6 Å². The highest BCUT2D eigenvalue weighted by Gasteiger charge is 2.23. The van der Waals surface area contributed by atoms with Crippen LogP contribution in [0.5, 0.6) is 0 Å². The number of nitrogens with two attached hydrogens (primary N) is 1. The number of hydrogen-bond donors (Lipinski definition) is 1. The van der Waals surface area contributed by atoms with E-state index in [2.05, 4.69) is 0 Å². The van der Waals surface area contributed by atoms with Crippen molar-refractivity contribution < 1.29 is 14.3 Å². The number of nitrogens with zero attached hydrogens (tertiary/aromatic N) is 2. The van der Waals surface area contributed by atoms with Crippen LogP contribution in [0.15, 0.2) is 64.2 Å². The third-order valence-electron chi connectivity index (χ3n) is 5.30. The third kappa shape index (κ3) is 3.28. The van der Waals surface area contributed by atoms with Crippen LogP contribution in [0.25, 0.3) is 21.5 Å². The number of rotatable bonds is 4. The van der Waals surface area contributed by atoms with Gasteiger partial charge in [-0.15, -0.1) is 0 Å². The molecule has 0 aliphatic carbocycles. The Morgan fingerprint density at radius 2 is 1.42 bits per heavy atom. The molecule has 2 N–H and O–H groups in total. The molecule has 4 aromatic rings. The highest BCUT2D eigenvalue weighted by molar-refractivity contribution is 6.17. The first-order chi connectivity index (χ1) is 14.8. The summed E-state index contributed by atoms with van der Waals surface area (Å²) < 4.78 is 7.08. The van der Waals surface area contributed by atoms with E-state index in [0.717, 1.165) is 19.9 Å². The molecule has 156 valence electrons. The molecule has 1 heterocycles. The maximum Gasteiger partial charge on any atom is 0.339 e. The number of ether oxygens (including phenoxy) is 1. The molecule has 1 aromatic heterocycles. The quantitative estimate of drug-likeness (QED) is 0.309. The van der Waals surface area contributed by atoms with Gasteiger partial charge in [0, 0.05) is 14.1 Å². The number of ketones is 1. The average molecular weight is 417 g/mol. The number of benzene rings is 3. The molecular weight excluding hydrogens is 398 g/mol. The summed E-state index contributed by atoms with van der Waals surface area (Å²) in [4.78, 5) is 50.0. The van der Waals surface area contributed by atoms with Crippen LogP contribution >= 0.6 is 0 Å². The van der Waals surface area contributed by atoms with Crippen LogP contribution in [0.2, 0.25) is 0 Å². The van der Waals surface area contributed by atoms with E-state index in [1.807, 2.05) is 42.5 Å². The molecule has 8 heteroatoms. The minimum atomic E-state index is -0.836. The number of carbonyl (C=O) groups is 2. The lowest BCUT2D eigenvalue weighted by atomic mass is 9.97. The first-order valence-electron chi connectivity index (χ1n) is 9.47. The zero-order chi connectivity index (χ0) is 22.3. The van der Waals surface area contributed by atoms with Gasteiger partial charge in [0.1, 0.15) is 11.4 Å². The molecule has 0 saturated carbocycles. The van der Waals surface area contributed by atoms with Crippen LogP contribution in [-0.2, 0) is 18.8 Å². The molecule has 0 aliphatic rings. The summed E-state index contributed by atoms with van der Waals surface area (Å²) in [5, 5.41) is 3.10. The van der Waals surface area contributed by atoms with Gasteiger partial charge in [-0.25, -0.2) is 9.59 Å². The Balaban J connectivity index is 1.72. The Hall–Kier alpha value is -4.20. The van der Waals surface area contributed by atoms with Crippen molar-refractivity contribution in [3.8, 4) is 0 Å². The second-order valence-electron chi connectivity index (χ2n) is 7.16. The van der Waals surface area contributed by atoms with Crippen molar-refractivity contribution in [2.75, 3.05) is 12.3 Å². The Kier molecular flexibility index (Phi) is 4.90. The predicted molar refractivity (Wildman–Crippen MR) is 117 cm³/mol. The molecule has 4 rings (SSSR count). The number of carbonyl (C=O) groups excluding carboxylic acids is 2. The zero-order valence-electron chi connectivity index (χ0n) is 16.9. The fourth-order valence-electron chi connectivity index (χ4n) is 3.63. The number of anilines is 1. The first kappa shape index (κ1) is 20.1. The predicted octanol–water partition coefficient (Wildman–Crippen LogP) is 2.01. The monoisotopic (exact) mass is 417 g/mol. The van der Waals surface area contributed by atoms with Gasteiger partial charge in [0.05, 0.1) is 5.56 Å². The Labute approximate surface area is 176 Å². The van der Waals surface area contributed by atoms with Crippen molar-refractivity contribution in [2.45, 2.75) is 0 Å². The van der Waals surface area contributed by atoms with E-state index >= 15 is 0 Å². The fourth-order valence-corrected chi connectivity index (χ4v) is 3.63. The summed E-state index contributed by atoms with van der Waals surface area (Å²) in [7, 11) is 2.59. The van der Waals surface area contributed by atoms with E-state index in [-0.39, 0.29) is 11.4 Å². The number of fused-ring (bicyclic) bond motifs is 2. The van der Waals surface area contributed by atoms with Crippen molar-refractivity contribution >= 4 is 39.1 Å². The molecule has 0 fully saturated rings. The van der Waals surface area contributed by atoms with Crippen LogP contribution in [-0.4, -0.2) is 27.5 Å². The maximum absolute atomic E-state index is 13.0. The number of nitrogen functional groups attached to an aromatic ring is 1. The second-order valence-corrected chi connectivity index (χ2v) is 7.16. The molecule has 31 heavy (non-hydrogen) atoms. The fraction of sp³-hybridized carbons (Fsp3) is 0.130. The van der Waals surface area contributed by atoms with Crippen molar-refractivity contribution in [3.05, 3.63) is 86.6 Å². The molecular formula is C23H19N3O5. The Morgan fingerprint density at radius 1 is 0.871 bits per heavy atom. The summed E-state index contributed by atoms with van der Waals surface area (Å²) in [6.07, 6.45) is 0. The van der Waals surface area contributed by atoms with E-state index in [1.165, 1.54) is 14.1 Å². The number of Topliss-reactive ketones (excluding diaryl/α,β-unsaturated/α-hetero) is 1. The second kappa shape index (κ2) is 7.56. The van der Waals surface area contributed by atoms with E-state index < -0.39 is 29.6 Å². The Morgan fingerprint density at radius 3 is 2.00 bits per heavy atom. The van der Waals surface area contributed by atoms with E-state index in [9.17, 15) is 19.2 Å². The van der Waals surface area contributed by atoms with Crippen LogP contribution in [0.1, 0.15) is 20.7 Å². The summed E-state index contributed by atoms with van der Waals surface area (Å²) in [6, 6.07) is 16.7. The zero-order valence-corrected chi connectivity index (χ0v) is 16.9. The van der Waals surface area contributed by atoms with Crippen molar-refractivity contribution in [3.63, 3.8) is 0 Å². The molecule has 8 nitrogen and oxygen atoms in total. The van der Waals surface area contributed by atoms with Crippen LogP contribution in [0.3, 0.4) is 0 Å². The number of hydrogen-bond acceptors (Lipinski definition) is 6. The lowest BCUT2D eigenvalue weighted by Gasteiger charge is -2.13. The minimum Gasteiger partial charge on any atom is -0.454 e. The SMILES string of the molecule is Cn1c(N)c(C(=O)COC(=O)c2c3ccccc3cc3ccccc23)c(=O)n(C)c1=O. The van der Waals surface area contributed by atoms with Crippen LogP contribution in [0.4, 0.5) is 5.82 Å². The topological polar surface area (TPSA) is 113 Å². The highest BCUT2D eigenvalue weighted by atomic mass is 16.5. The largest absolute Gasteiger partial charge is 0.454 e. The first-order valence-corrected chi connectivity index (χ1v) is 9.47. The smallest absolute Gasteiger partial charge is 0.339 e. The third-order valence-corrected chi connectivity index (χ3v) is 5.30. The van der Waals surface area contributed by atoms with Gasteiger partial charge in [0.15, 0.2) is 6.61 Å². The molecule has 3 aromatic carbocycles. The van der Waals surface area contributed by atoms with Gasteiger partial charge in [0.25, 0.3) is 5.56 Å². The van der Waals surface area contributed by atoms with Crippen molar-refractivity contribution in [2.24, 2.45) is 14.1 Å². The van der Waals surface area contributed by atoms with Crippen LogP contribution < -0.4 is 17.0 Å². The van der Waals surface area contributed by atoms with Gasteiger partial charge < -0.3 is 10.5 Å². The molecule has 0 amide bonds. The van der Waals surface area contributed by atoms with Gasteiger partial charge in [-0.3, -0.25) is 18.7 Å². The normalized spacial score (nSPS) is 11.0. The van der Waals surface area contributed by atoms with E-state index in [4.69, 9.17) is 10.5 Å². The summed E-state index contributed by atoms with van der Waals surface area (Å²) in [6.45, 7) is -0.686. The highest BCUT2D eigenvalue weighted by Crippen LogP contribution is 2.29. The van der Waals surface area contributed by atoms with Gasteiger partial charge in [-0.1, -0.05) is 48.5 Å². The number of aromatic nitrogens is 2. The van der Waals surface area contributed by atoms with Crippen molar-refractivity contribution in [1.82, 2.24) is 9.13 Å². The number of esters is 1. The summed E-state index contributed by atoms with van der Waals surface area (Å²) in [5.74, 6) is -1.75. The van der Waals surface area contributed by atoms with E-state index in [0.29, 0.717) is 16.3 Å². The van der Waals surface area contributed by atoms with Gasteiger partial charge in [0.2, 0.25) is 5.78 Å². The molecule has 0 radical (unpaired) electrons. The van der Waals surface area contributed by atoms with Crippen LogP contribution in [0, 0.1) is 0 Å². The molecule has 0 saturated heterocycles. The van der Waals surface area contributed by atoms with Crippen molar-refractivity contribution in [1.29, 1.82) is 0 Å². The summed E-state index contributed by atoms with van der Waals surface area (Å²) in [5.41, 5.74) is 4.27. The van der Waals surface area contributed by atoms with Gasteiger partial charge in [-0.2, -0.15) is 0 Å². The summed E-state index contributed by atoms with van der Waals surface area (Å²) >= 11 is 0. The standard InChI is InChI=1S/C23H19N3O5/c1-25-20(24)19(21(28)26(2)23(25)30)17(27)12-31-22(29)18-15-9-5-3-7-13(15)11-14-8-4-6-10-16(14)18/h3-11H,12,24H2,1-2H3. The lowest BCUT2D eigenvalue weighted by molar-refractivity contribution is 0.0478. The van der Waals surface area contributed by atoms with E-state index in [1.54, 1.807) is 12.1 Å². The molecule has 0 unspecified atom stereocenters. The molecule has 0 spiro atoms. The maximum atomic E-state index is 13.0. The lowest BCUT2D eigenvalue weighted by Crippen LogP contribution is -2.42. The Bertz CT molecular complexity index is 1440. The van der Waals surface area contributed by atoms with Gasteiger partial charge >= 0.3 is 11.7 Å². The molecule has 0 atom stereocenters. The molecule has 0 aliphatic heterocycles. The minimum absolute atomic E-state index is 0.273. The average Bonchev–Trinajstić information content (AvgIpc) is 2.78.